The molecule has 20 heavy (non-hydrogen) atoms. The second-order valence-corrected chi connectivity index (χ2v) is 5.01. The predicted molar refractivity (Wildman–Crippen MR) is 78.0 cm³/mol. The number of anilines is 1. The van der Waals surface area contributed by atoms with E-state index in [1.165, 1.54) is 12.1 Å². The van der Waals surface area contributed by atoms with Gasteiger partial charge in [0.15, 0.2) is 0 Å². The molecule has 0 spiro atoms. The molecule has 0 fully saturated rings. The van der Waals surface area contributed by atoms with E-state index in [0.717, 1.165) is 6.07 Å². The molecule has 104 valence electrons. The van der Waals surface area contributed by atoms with E-state index >= 15 is 0 Å². The fourth-order valence-electron chi connectivity index (χ4n) is 1.97. The van der Waals surface area contributed by atoms with Gasteiger partial charge < -0.3 is 11.1 Å². The van der Waals surface area contributed by atoms with E-state index in [2.05, 4.69) is 5.32 Å². The lowest BCUT2D eigenvalue weighted by Crippen LogP contribution is -2.45. The number of nitrogens with one attached hydrogen (secondary N) is 1. The van der Waals surface area contributed by atoms with Gasteiger partial charge in [0.2, 0.25) is 5.91 Å². The summed E-state index contributed by atoms with van der Waals surface area (Å²) in [6.45, 7) is 1.61. The molecule has 2 rings (SSSR count). The minimum absolute atomic E-state index is 0.148. The Hall–Kier alpha value is -2.07. The van der Waals surface area contributed by atoms with Gasteiger partial charge in [-0.1, -0.05) is 35.9 Å². The van der Waals surface area contributed by atoms with Crippen molar-refractivity contribution >= 4 is 23.2 Å². The highest BCUT2D eigenvalue weighted by molar-refractivity contribution is 6.31. The maximum atomic E-state index is 13.1. The molecule has 2 aromatic rings. The fourth-order valence-corrected chi connectivity index (χ4v) is 2.32. The highest BCUT2D eigenvalue weighted by atomic mass is 35.5. The minimum Gasteiger partial charge on any atom is -0.368 e. The van der Waals surface area contributed by atoms with Crippen molar-refractivity contribution in [2.24, 2.45) is 5.73 Å². The third-order valence-corrected chi connectivity index (χ3v) is 3.44. The van der Waals surface area contributed by atoms with Crippen molar-refractivity contribution in [3.05, 3.63) is 64.9 Å². The van der Waals surface area contributed by atoms with Crippen LogP contribution in [0.15, 0.2) is 48.5 Å². The van der Waals surface area contributed by atoms with Crippen LogP contribution in [0.3, 0.4) is 0 Å². The Morgan fingerprint density at radius 3 is 2.45 bits per heavy atom. The molecular weight excluding hydrogens is 279 g/mol. The van der Waals surface area contributed by atoms with Crippen LogP contribution in [0.2, 0.25) is 5.02 Å². The number of para-hydroxylation sites is 1. The van der Waals surface area contributed by atoms with Crippen molar-refractivity contribution in [1.29, 1.82) is 0 Å². The monoisotopic (exact) mass is 292 g/mol. The zero-order valence-electron chi connectivity index (χ0n) is 10.9. The number of carbonyl (C=O) groups excluding carboxylic acids is 1. The Balaban J connectivity index is 2.47. The van der Waals surface area contributed by atoms with Gasteiger partial charge in [0, 0.05) is 16.3 Å². The Morgan fingerprint density at radius 1 is 1.25 bits per heavy atom. The molecule has 1 unspecified atom stereocenters. The average Bonchev–Trinajstić information content (AvgIpc) is 2.39. The number of benzene rings is 2. The molecule has 3 nitrogen and oxygen atoms in total. The number of carbonyl (C=O) groups is 1. The first kappa shape index (κ1) is 14.3. The largest absolute Gasteiger partial charge is 0.368 e. The van der Waals surface area contributed by atoms with E-state index < -0.39 is 17.3 Å². The van der Waals surface area contributed by atoms with Crippen LogP contribution in [-0.2, 0) is 10.3 Å². The topological polar surface area (TPSA) is 55.1 Å². The molecule has 1 amide bonds. The van der Waals surface area contributed by atoms with Gasteiger partial charge in [-0.05, 0) is 31.2 Å². The van der Waals surface area contributed by atoms with Gasteiger partial charge in [-0.2, -0.15) is 0 Å². The third kappa shape index (κ3) is 2.75. The van der Waals surface area contributed by atoms with Crippen molar-refractivity contribution in [3.63, 3.8) is 0 Å². The summed E-state index contributed by atoms with van der Waals surface area (Å²) in [4.78, 5) is 11.9. The molecule has 2 aromatic carbocycles. The first-order valence-corrected chi connectivity index (χ1v) is 6.40. The number of hydrogen-bond acceptors (Lipinski definition) is 2. The molecule has 0 aliphatic heterocycles. The summed E-state index contributed by atoms with van der Waals surface area (Å²) < 4.78 is 13.1. The maximum Gasteiger partial charge on any atom is 0.247 e. The van der Waals surface area contributed by atoms with E-state index in [9.17, 15) is 9.18 Å². The first-order chi connectivity index (χ1) is 9.43. The second kappa shape index (κ2) is 5.51. The molecule has 0 saturated heterocycles. The van der Waals surface area contributed by atoms with E-state index in [0.29, 0.717) is 11.3 Å². The third-order valence-electron chi connectivity index (χ3n) is 3.13. The normalized spacial score (nSPS) is 13.6. The van der Waals surface area contributed by atoms with E-state index in [-0.39, 0.29) is 5.02 Å². The molecule has 0 aromatic heterocycles. The fraction of sp³-hybridized carbons (Fsp3) is 0.133. The summed E-state index contributed by atoms with van der Waals surface area (Å²) in [7, 11) is 0. The Labute approximate surface area is 121 Å². The maximum absolute atomic E-state index is 13.1. The van der Waals surface area contributed by atoms with Crippen LogP contribution in [0.25, 0.3) is 0 Å². The molecule has 0 bridgehead atoms. The number of nitrogens with two attached hydrogens (primary N) is 1. The van der Waals surface area contributed by atoms with E-state index in [1.807, 2.05) is 18.2 Å². The quantitative estimate of drug-likeness (QED) is 0.908. The molecule has 3 N–H and O–H groups in total. The minimum atomic E-state index is -1.23. The van der Waals surface area contributed by atoms with Crippen LogP contribution >= 0.6 is 11.6 Å². The molecule has 0 heterocycles. The van der Waals surface area contributed by atoms with Gasteiger partial charge in [0.05, 0.1) is 0 Å². The summed E-state index contributed by atoms with van der Waals surface area (Å²) in [6, 6.07) is 13.0. The smallest absolute Gasteiger partial charge is 0.247 e. The van der Waals surface area contributed by atoms with Crippen LogP contribution < -0.4 is 11.1 Å². The molecule has 0 aliphatic rings. The number of halogens is 2. The van der Waals surface area contributed by atoms with E-state index in [4.69, 9.17) is 17.3 Å². The van der Waals surface area contributed by atoms with Crippen molar-refractivity contribution < 1.29 is 9.18 Å². The SMILES string of the molecule is CC(Nc1ccccc1)(C(N)=O)c1ccc(F)cc1Cl. The van der Waals surface area contributed by atoms with Gasteiger partial charge >= 0.3 is 0 Å². The lowest BCUT2D eigenvalue weighted by molar-refractivity contribution is -0.122. The Morgan fingerprint density at radius 2 is 1.90 bits per heavy atom. The zero-order valence-corrected chi connectivity index (χ0v) is 11.6. The number of rotatable bonds is 4. The van der Waals surface area contributed by atoms with Gasteiger partial charge in [-0.3, -0.25) is 4.79 Å². The second-order valence-electron chi connectivity index (χ2n) is 4.60. The van der Waals surface area contributed by atoms with Crippen molar-refractivity contribution in [1.82, 2.24) is 0 Å². The highest BCUT2D eigenvalue weighted by Gasteiger charge is 2.35. The lowest BCUT2D eigenvalue weighted by Gasteiger charge is -2.30. The summed E-state index contributed by atoms with van der Waals surface area (Å²) in [6.07, 6.45) is 0. The molecule has 5 heteroatoms. The first-order valence-electron chi connectivity index (χ1n) is 6.02. The molecular formula is C15H14ClFN2O. The van der Waals surface area contributed by atoms with E-state index in [1.54, 1.807) is 19.1 Å². The number of primary amides is 1. The summed E-state index contributed by atoms with van der Waals surface area (Å²) >= 11 is 6.04. The predicted octanol–water partition coefficient (Wildman–Crippen LogP) is 3.29. The van der Waals surface area contributed by atoms with Crippen molar-refractivity contribution in [2.45, 2.75) is 12.5 Å². The number of amides is 1. The van der Waals surface area contributed by atoms with Crippen LogP contribution in [0, 0.1) is 5.82 Å². The molecule has 0 radical (unpaired) electrons. The van der Waals surface area contributed by atoms with Crippen LogP contribution in [0.5, 0.6) is 0 Å². The van der Waals surface area contributed by atoms with Gasteiger partial charge in [0.25, 0.3) is 0 Å². The number of hydrogen-bond donors (Lipinski definition) is 2. The van der Waals surface area contributed by atoms with Crippen LogP contribution in [0.4, 0.5) is 10.1 Å². The van der Waals surface area contributed by atoms with Gasteiger partial charge in [-0.25, -0.2) is 4.39 Å². The molecule has 0 saturated carbocycles. The lowest BCUT2D eigenvalue weighted by atomic mass is 9.90. The molecule has 0 aliphatic carbocycles. The van der Waals surface area contributed by atoms with Gasteiger partial charge in [0.1, 0.15) is 11.4 Å². The van der Waals surface area contributed by atoms with Crippen molar-refractivity contribution in [3.8, 4) is 0 Å². The standard InChI is InChI=1S/C15H14ClFN2O/c1-15(14(18)20,19-11-5-3-2-4-6-11)12-8-7-10(17)9-13(12)16/h2-9,19H,1H3,(H2,18,20). The van der Waals surface area contributed by atoms with Crippen LogP contribution in [0.1, 0.15) is 12.5 Å². The average molecular weight is 293 g/mol. The van der Waals surface area contributed by atoms with Gasteiger partial charge in [-0.15, -0.1) is 0 Å². The summed E-state index contributed by atoms with van der Waals surface area (Å²) in [5.41, 5.74) is 5.42. The summed E-state index contributed by atoms with van der Waals surface area (Å²) in [5.74, 6) is -1.07. The van der Waals surface area contributed by atoms with Crippen molar-refractivity contribution in [2.75, 3.05) is 5.32 Å². The Kier molecular flexibility index (Phi) is 3.95. The molecule has 1 atom stereocenters. The zero-order chi connectivity index (χ0) is 14.8. The Bertz CT molecular complexity index is 633. The van der Waals surface area contributed by atoms with Crippen LogP contribution in [-0.4, -0.2) is 5.91 Å². The highest BCUT2D eigenvalue weighted by Crippen LogP contribution is 2.31. The summed E-state index contributed by atoms with van der Waals surface area (Å²) in [5, 5.41) is 3.20.